The quantitative estimate of drug-likeness (QED) is 0.574. The van der Waals surface area contributed by atoms with Gasteiger partial charge in [-0.05, 0) is 5.92 Å². The van der Waals surface area contributed by atoms with Gasteiger partial charge in [-0.15, -0.1) is 0 Å². The molecule has 0 saturated carbocycles. The summed E-state index contributed by atoms with van der Waals surface area (Å²) in [5, 5.41) is 0. The van der Waals surface area contributed by atoms with Crippen LogP contribution in [0.3, 0.4) is 0 Å². The molecule has 0 aromatic carbocycles. The van der Waals surface area contributed by atoms with Crippen LogP contribution in [-0.2, 0) is 14.3 Å². The highest BCUT2D eigenvalue weighted by atomic mass is 16.6. The molecule has 3 nitrogen and oxygen atoms in total. The molecule has 1 heterocycles. The topological polar surface area (TPSA) is 35.5 Å². The second-order valence-corrected chi connectivity index (χ2v) is 3.25. The van der Waals surface area contributed by atoms with E-state index in [9.17, 15) is 4.79 Å². The van der Waals surface area contributed by atoms with Gasteiger partial charge in [-0.25, -0.2) is 0 Å². The van der Waals surface area contributed by atoms with Crippen LogP contribution in [0.15, 0.2) is 0 Å². The molecule has 0 aliphatic carbocycles. The third kappa shape index (κ3) is 2.89. The van der Waals surface area contributed by atoms with E-state index in [0.717, 1.165) is 0 Å². The summed E-state index contributed by atoms with van der Waals surface area (Å²) in [6.45, 7) is 5.14. The standard InChI is InChI=1S/C8H14O3/c1-6(2)3-8(9)11-7-4-10-5-7/h6-7H,3-5H2,1-2H3. The molecule has 1 aliphatic heterocycles. The molecule has 0 unspecified atom stereocenters. The van der Waals surface area contributed by atoms with Gasteiger partial charge < -0.3 is 9.47 Å². The smallest absolute Gasteiger partial charge is 0.306 e. The van der Waals surface area contributed by atoms with Crippen molar-refractivity contribution in [3.8, 4) is 0 Å². The van der Waals surface area contributed by atoms with Gasteiger partial charge in [-0.2, -0.15) is 0 Å². The number of carbonyl (C=O) groups excluding carboxylic acids is 1. The monoisotopic (exact) mass is 158 g/mol. The lowest BCUT2D eigenvalue weighted by molar-refractivity contribution is -0.172. The molecule has 64 valence electrons. The van der Waals surface area contributed by atoms with Crippen molar-refractivity contribution in [3.05, 3.63) is 0 Å². The Kier molecular flexibility index (Phi) is 2.88. The summed E-state index contributed by atoms with van der Waals surface area (Å²) in [4.78, 5) is 11.0. The second kappa shape index (κ2) is 3.72. The number of rotatable bonds is 3. The second-order valence-electron chi connectivity index (χ2n) is 3.25. The van der Waals surface area contributed by atoms with Crippen molar-refractivity contribution in [1.82, 2.24) is 0 Å². The van der Waals surface area contributed by atoms with E-state index in [0.29, 0.717) is 25.6 Å². The van der Waals surface area contributed by atoms with E-state index < -0.39 is 0 Å². The van der Waals surface area contributed by atoms with Gasteiger partial charge >= 0.3 is 5.97 Å². The lowest BCUT2D eigenvalue weighted by Gasteiger charge is -2.25. The normalized spacial score (nSPS) is 18.1. The molecule has 0 radical (unpaired) electrons. The molecule has 1 saturated heterocycles. The van der Waals surface area contributed by atoms with Gasteiger partial charge in [0, 0.05) is 6.42 Å². The minimum Gasteiger partial charge on any atom is -0.457 e. The van der Waals surface area contributed by atoms with E-state index in [1.54, 1.807) is 0 Å². The maximum Gasteiger partial charge on any atom is 0.306 e. The van der Waals surface area contributed by atoms with Crippen molar-refractivity contribution in [3.63, 3.8) is 0 Å². The average Bonchev–Trinajstić information content (AvgIpc) is 1.77. The number of esters is 1. The highest BCUT2D eigenvalue weighted by Crippen LogP contribution is 2.09. The highest BCUT2D eigenvalue weighted by Gasteiger charge is 2.22. The Morgan fingerprint density at radius 1 is 1.64 bits per heavy atom. The van der Waals surface area contributed by atoms with Gasteiger partial charge in [0.2, 0.25) is 0 Å². The summed E-state index contributed by atoms with van der Waals surface area (Å²) in [5.41, 5.74) is 0. The average molecular weight is 158 g/mol. The van der Waals surface area contributed by atoms with Crippen LogP contribution in [0.4, 0.5) is 0 Å². The lowest BCUT2D eigenvalue weighted by atomic mass is 10.1. The largest absolute Gasteiger partial charge is 0.457 e. The first-order valence-corrected chi connectivity index (χ1v) is 3.95. The van der Waals surface area contributed by atoms with Crippen molar-refractivity contribution in [2.24, 2.45) is 5.92 Å². The first-order valence-electron chi connectivity index (χ1n) is 3.95. The zero-order valence-corrected chi connectivity index (χ0v) is 7.00. The zero-order valence-electron chi connectivity index (χ0n) is 7.00. The van der Waals surface area contributed by atoms with Crippen LogP contribution in [0.25, 0.3) is 0 Å². The van der Waals surface area contributed by atoms with Crippen LogP contribution in [0.5, 0.6) is 0 Å². The van der Waals surface area contributed by atoms with Crippen LogP contribution in [0.2, 0.25) is 0 Å². The molecule has 0 spiro atoms. The molecule has 0 aromatic rings. The van der Waals surface area contributed by atoms with E-state index in [1.165, 1.54) is 0 Å². The predicted molar refractivity (Wildman–Crippen MR) is 40.2 cm³/mol. The molecule has 0 aromatic heterocycles. The fourth-order valence-electron chi connectivity index (χ4n) is 0.849. The third-order valence-corrected chi connectivity index (χ3v) is 1.48. The molecule has 0 bridgehead atoms. The Labute approximate surface area is 66.7 Å². The Bertz CT molecular complexity index is 138. The summed E-state index contributed by atoms with van der Waals surface area (Å²) < 4.78 is 9.90. The van der Waals surface area contributed by atoms with E-state index in [4.69, 9.17) is 9.47 Å². The molecule has 1 fully saturated rings. The van der Waals surface area contributed by atoms with Gasteiger partial charge in [0.1, 0.15) is 6.10 Å². The number of ether oxygens (including phenoxy) is 2. The summed E-state index contributed by atoms with van der Waals surface area (Å²) in [6.07, 6.45) is 0.539. The van der Waals surface area contributed by atoms with E-state index >= 15 is 0 Å². The lowest BCUT2D eigenvalue weighted by Crippen LogP contribution is -2.37. The molecule has 0 N–H and O–H groups in total. The fourth-order valence-corrected chi connectivity index (χ4v) is 0.849. The molecule has 1 aliphatic rings. The molecule has 0 atom stereocenters. The highest BCUT2D eigenvalue weighted by molar-refractivity contribution is 5.69. The maximum atomic E-state index is 11.0. The predicted octanol–water partition coefficient (Wildman–Crippen LogP) is 0.974. The minimum absolute atomic E-state index is 0.0289. The summed E-state index contributed by atoms with van der Waals surface area (Å²) in [7, 11) is 0. The summed E-state index contributed by atoms with van der Waals surface area (Å²) in [5.74, 6) is 0.275. The SMILES string of the molecule is CC(C)CC(=O)OC1COC1. The fraction of sp³-hybridized carbons (Fsp3) is 0.875. The Morgan fingerprint density at radius 3 is 2.64 bits per heavy atom. The van der Waals surface area contributed by atoms with Crippen molar-refractivity contribution in [2.75, 3.05) is 13.2 Å². The van der Waals surface area contributed by atoms with Crippen molar-refractivity contribution in [2.45, 2.75) is 26.4 Å². The van der Waals surface area contributed by atoms with Gasteiger partial charge in [0.15, 0.2) is 0 Å². The van der Waals surface area contributed by atoms with E-state index in [1.807, 2.05) is 13.8 Å². The molecule has 1 rings (SSSR count). The van der Waals surface area contributed by atoms with Crippen molar-refractivity contribution in [1.29, 1.82) is 0 Å². The minimum atomic E-state index is -0.103. The van der Waals surface area contributed by atoms with Crippen molar-refractivity contribution >= 4 is 5.97 Å². The number of hydrogen-bond donors (Lipinski definition) is 0. The van der Waals surface area contributed by atoms with Crippen LogP contribution < -0.4 is 0 Å². The van der Waals surface area contributed by atoms with Crippen LogP contribution in [0.1, 0.15) is 20.3 Å². The third-order valence-electron chi connectivity index (χ3n) is 1.48. The Morgan fingerprint density at radius 2 is 2.27 bits per heavy atom. The van der Waals surface area contributed by atoms with Gasteiger partial charge in [-0.3, -0.25) is 4.79 Å². The Hall–Kier alpha value is -0.570. The van der Waals surface area contributed by atoms with Gasteiger partial charge in [0.25, 0.3) is 0 Å². The maximum absolute atomic E-state index is 11.0. The number of hydrogen-bond acceptors (Lipinski definition) is 3. The molecule has 0 amide bonds. The molecular weight excluding hydrogens is 144 g/mol. The molecule has 11 heavy (non-hydrogen) atoms. The van der Waals surface area contributed by atoms with Gasteiger partial charge in [-0.1, -0.05) is 13.8 Å². The molecule has 3 heteroatoms. The first kappa shape index (κ1) is 8.53. The van der Waals surface area contributed by atoms with Crippen LogP contribution in [-0.4, -0.2) is 25.3 Å². The molecular formula is C8H14O3. The Balaban J connectivity index is 2.09. The zero-order chi connectivity index (χ0) is 8.27. The first-order chi connectivity index (χ1) is 5.18. The van der Waals surface area contributed by atoms with E-state index in [2.05, 4.69) is 0 Å². The van der Waals surface area contributed by atoms with Crippen LogP contribution in [0, 0.1) is 5.92 Å². The van der Waals surface area contributed by atoms with Crippen LogP contribution >= 0.6 is 0 Å². The van der Waals surface area contributed by atoms with Gasteiger partial charge in [0.05, 0.1) is 13.2 Å². The van der Waals surface area contributed by atoms with E-state index in [-0.39, 0.29) is 12.1 Å². The summed E-state index contributed by atoms with van der Waals surface area (Å²) in [6, 6.07) is 0. The van der Waals surface area contributed by atoms with Crippen molar-refractivity contribution < 1.29 is 14.3 Å². The summed E-state index contributed by atoms with van der Waals surface area (Å²) >= 11 is 0. The number of carbonyl (C=O) groups is 1.